The smallest absolute Gasteiger partial charge is 0.0806 e. The van der Waals surface area contributed by atoms with Crippen LogP contribution in [0.25, 0.3) is 11.1 Å². The van der Waals surface area contributed by atoms with Gasteiger partial charge in [0.05, 0.1) is 5.54 Å². The predicted octanol–water partition coefficient (Wildman–Crippen LogP) is 5.45. The summed E-state index contributed by atoms with van der Waals surface area (Å²) in [6, 6.07) is 15.7. The van der Waals surface area contributed by atoms with E-state index in [4.69, 9.17) is 0 Å². The van der Waals surface area contributed by atoms with Crippen molar-refractivity contribution in [3.8, 4) is 11.1 Å². The van der Waals surface area contributed by atoms with E-state index in [0.717, 1.165) is 6.42 Å². The van der Waals surface area contributed by atoms with Crippen molar-refractivity contribution in [2.24, 2.45) is 0 Å². The number of hydrogen-bond donors (Lipinski definition) is 0. The molecule has 0 amide bonds. The van der Waals surface area contributed by atoms with Gasteiger partial charge in [-0.3, -0.25) is 0 Å². The molecule has 1 heterocycles. The zero-order valence-electron chi connectivity index (χ0n) is 14.5. The Morgan fingerprint density at radius 2 is 1.65 bits per heavy atom. The molecule has 0 radical (unpaired) electrons. The third-order valence-corrected chi connectivity index (χ3v) is 5.05. The van der Waals surface area contributed by atoms with Gasteiger partial charge in [0.15, 0.2) is 0 Å². The lowest BCUT2D eigenvalue weighted by atomic mass is 9.84. The topological polar surface area (TPSA) is 3.24 Å². The summed E-state index contributed by atoms with van der Waals surface area (Å²) in [7, 11) is 2.14. The first-order valence-corrected chi connectivity index (χ1v) is 8.34. The van der Waals surface area contributed by atoms with Crippen LogP contribution in [0.2, 0.25) is 0 Å². The molecular weight excluding hydrogens is 278 g/mol. The normalized spacial score (nSPS) is 20.1. The van der Waals surface area contributed by atoms with E-state index in [0.29, 0.717) is 0 Å². The van der Waals surface area contributed by atoms with Gasteiger partial charge in [-0.1, -0.05) is 55.5 Å². The first-order chi connectivity index (χ1) is 11.0. The molecule has 1 atom stereocenters. The monoisotopic (exact) mass is 303 g/mol. The maximum absolute atomic E-state index is 2.34. The highest BCUT2D eigenvalue weighted by Crippen LogP contribution is 2.36. The molecule has 3 rings (SSSR count). The Morgan fingerprint density at radius 3 is 2.30 bits per heavy atom. The summed E-state index contributed by atoms with van der Waals surface area (Å²) in [6.45, 7) is 6.67. The molecule has 0 N–H and O–H groups in total. The molecule has 0 aromatic heterocycles. The molecule has 1 nitrogen and oxygen atoms in total. The molecule has 0 fully saturated rings. The number of hydrogen-bond acceptors (Lipinski definition) is 1. The fourth-order valence-electron chi connectivity index (χ4n) is 3.25. The van der Waals surface area contributed by atoms with Gasteiger partial charge in [-0.25, -0.2) is 0 Å². The second-order valence-electron chi connectivity index (χ2n) is 6.54. The van der Waals surface area contributed by atoms with E-state index >= 15 is 0 Å². The number of likely N-dealkylation sites (N-methyl/N-ethyl adjacent to an activating group) is 1. The zero-order chi connectivity index (χ0) is 16.4. The molecule has 0 spiro atoms. The molecule has 0 aliphatic carbocycles. The minimum atomic E-state index is -0.0990. The van der Waals surface area contributed by atoms with Crippen LogP contribution in [0.4, 0.5) is 0 Å². The first kappa shape index (κ1) is 15.6. The maximum atomic E-state index is 2.34. The van der Waals surface area contributed by atoms with Crippen LogP contribution in [0.3, 0.4) is 0 Å². The van der Waals surface area contributed by atoms with E-state index in [2.05, 4.69) is 99.6 Å². The van der Waals surface area contributed by atoms with Crippen molar-refractivity contribution < 1.29 is 0 Å². The van der Waals surface area contributed by atoms with Crippen molar-refractivity contribution in [1.29, 1.82) is 0 Å². The van der Waals surface area contributed by atoms with E-state index in [1.54, 1.807) is 0 Å². The molecule has 1 aliphatic rings. The lowest BCUT2D eigenvalue weighted by Crippen LogP contribution is -2.37. The van der Waals surface area contributed by atoms with Crippen LogP contribution >= 0.6 is 0 Å². The summed E-state index contributed by atoms with van der Waals surface area (Å²) < 4.78 is 0. The lowest BCUT2D eigenvalue weighted by molar-refractivity contribution is 0.261. The summed E-state index contributed by atoms with van der Waals surface area (Å²) >= 11 is 0. The molecular formula is C22H25N. The highest BCUT2D eigenvalue weighted by Gasteiger charge is 2.29. The van der Waals surface area contributed by atoms with Gasteiger partial charge in [0.25, 0.3) is 0 Å². The minimum Gasteiger partial charge on any atom is -0.368 e. The van der Waals surface area contributed by atoms with Crippen LogP contribution in [0.15, 0.2) is 66.9 Å². The Hall–Kier alpha value is -2.28. The Labute approximate surface area is 140 Å². The molecule has 1 aliphatic heterocycles. The summed E-state index contributed by atoms with van der Waals surface area (Å²) in [5.74, 6) is 0. The van der Waals surface area contributed by atoms with Crippen LogP contribution < -0.4 is 0 Å². The molecule has 118 valence electrons. The van der Waals surface area contributed by atoms with Crippen molar-refractivity contribution in [3.05, 3.63) is 83.6 Å². The highest BCUT2D eigenvalue weighted by atomic mass is 15.1. The van der Waals surface area contributed by atoms with Gasteiger partial charge in [0.2, 0.25) is 0 Å². The molecule has 0 bridgehead atoms. The maximum Gasteiger partial charge on any atom is 0.0806 e. The van der Waals surface area contributed by atoms with Gasteiger partial charge in [0.1, 0.15) is 0 Å². The molecule has 1 heteroatoms. The van der Waals surface area contributed by atoms with Crippen LogP contribution in [-0.2, 0) is 12.0 Å². The SMILES string of the molecule is CCc1ccc(-c2ccc(C)c(C3(C)C=CC=CN3C)c2)cc1. The van der Waals surface area contributed by atoms with E-state index < -0.39 is 0 Å². The van der Waals surface area contributed by atoms with Gasteiger partial charge >= 0.3 is 0 Å². The average Bonchev–Trinajstić information content (AvgIpc) is 2.58. The van der Waals surface area contributed by atoms with Crippen molar-refractivity contribution in [2.45, 2.75) is 32.7 Å². The third kappa shape index (κ3) is 2.84. The van der Waals surface area contributed by atoms with Crippen LogP contribution in [0.5, 0.6) is 0 Å². The summed E-state index contributed by atoms with van der Waals surface area (Å²) in [5.41, 5.74) is 6.54. The second kappa shape index (κ2) is 6.08. The van der Waals surface area contributed by atoms with Gasteiger partial charge in [-0.2, -0.15) is 0 Å². The van der Waals surface area contributed by atoms with Crippen LogP contribution in [-0.4, -0.2) is 11.9 Å². The number of allylic oxidation sites excluding steroid dienone is 2. The summed E-state index contributed by atoms with van der Waals surface area (Å²) in [4.78, 5) is 2.28. The molecule has 2 aromatic carbocycles. The predicted molar refractivity (Wildman–Crippen MR) is 99.4 cm³/mol. The van der Waals surface area contributed by atoms with Gasteiger partial charge in [-0.05, 0) is 66.4 Å². The van der Waals surface area contributed by atoms with E-state index in [1.807, 2.05) is 0 Å². The lowest BCUT2D eigenvalue weighted by Gasteiger charge is -2.39. The Balaban J connectivity index is 2.05. The fourth-order valence-corrected chi connectivity index (χ4v) is 3.25. The van der Waals surface area contributed by atoms with Crippen LogP contribution in [0.1, 0.15) is 30.5 Å². The molecule has 23 heavy (non-hydrogen) atoms. The highest BCUT2D eigenvalue weighted by molar-refractivity contribution is 5.66. The standard InChI is InChI=1S/C22H25N/c1-5-18-9-12-19(13-10-18)20-11-8-17(2)21(16-20)22(3)14-6-7-15-23(22)4/h6-16H,5H2,1-4H3. The summed E-state index contributed by atoms with van der Waals surface area (Å²) in [6.07, 6.45) is 9.73. The van der Waals surface area contributed by atoms with Gasteiger partial charge < -0.3 is 4.90 Å². The third-order valence-electron chi connectivity index (χ3n) is 5.05. The molecule has 0 saturated heterocycles. The fraction of sp³-hybridized carbons (Fsp3) is 0.273. The number of nitrogens with zero attached hydrogens (tertiary/aromatic N) is 1. The van der Waals surface area contributed by atoms with E-state index in [1.165, 1.54) is 27.8 Å². The van der Waals surface area contributed by atoms with Crippen molar-refractivity contribution >= 4 is 0 Å². The quantitative estimate of drug-likeness (QED) is 0.728. The van der Waals surface area contributed by atoms with Gasteiger partial charge in [-0.15, -0.1) is 0 Å². The second-order valence-corrected chi connectivity index (χ2v) is 6.54. The largest absolute Gasteiger partial charge is 0.368 e. The number of aryl methyl sites for hydroxylation is 2. The molecule has 0 saturated carbocycles. The first-order valence-electron chi connectivity index (χ1n) is 8.34. The van der Waals surface area contributed by atoms with Crippen molar-refractivity contribution in [2.75, 3.05) is 7.05 Å². The molecule has 1 unspecified atom stereocenters. The Bertz CT molecular complexity index is 752. The Morgan fingerprint density at radius 1 is 0.957 bits per heavy atom. The van der Waals surface area contributed by atoms with Crippen molar-refractivity contribution in [3.63, 3.8) is 0 Å². The number of rotatable bonds is 3. The van der Waals surface area contributed by atoms with E-state index in [9.17, 15) is 0 Å². The van der Waals surface area contributed by atoms with Crippen molar-refractivity contribution in [1.82, 2.24) is 4.90 Å². The van der Waals surface area contributed by atoms with Crippen LogP contribution in [0, 0.1) is 6.92 Å². The minimum absolute atomic E-state index is 0.0990. The Kier molecular flexibility index (Phi) is 4.12. The number of benzene rings is 2. The molecule has 2 aromatic rings. The summed E-state index contributed by atoms with van der Waals surface area (Å²) in [5, 5.41) is 0. The van der Waals surface area contributed by atoms with Gasteiger partial charge in [0, 0.05) is 7.05 Å². The zero-order valence-corrected chi connectivity index (χ0v) is 14.5. The average molecular weight is 303 g/mol. The van der Waals surface area contributed by atoms with E-state index in [-0.39, 0.29) is 5.54 Å².